The van der Waals surface area contributed by atoms with Crippen molar-refractivity contribution < 1.29 is 37.0 Å². The summed E-state index contributed by atoms with van der Waals surface area (Å²) in [6.45, 7) is 0.0265. The maximum absolute atomic E-state index is 12.5. The molecule has 0 unspecified atom stereocenters. The van der Waals surface area contributed by atoms with E-state index in [4.69, 9.17) is 25.8 Å². The van der Waals surface area contributed by atoms with Gasteiger partial charge in [0.1, 0.15) is 6.54 Å². The molecule has 0 aromatic heterocycles. The molecule has 0 bridgehead atoms. The Labute approximate surface area is 189 Å². The third kappa shape index (κ3) is 5.36. The second-order valence-corrected chi connectivity index (χ2v) is 9.21. The van der Waals surface area contributed by atoms with E-state index in [0.29, 0.717) is 16.5 Å². The molecule has 1 N–H and O–H groups in total. The summed E-state index contributed by atoms with van der Waals surface area (Å²) in [5.74, 6) is -1.23. The fourth-order valence-electron chi connectivity index (χ4n) is 2.77. The summed E-state index contributed by atoms with van der Waals surface area (Å²) >= 11 is 5.76. The SMILES string of the molecule is CC(=O)c1cc2c(cc1NC(=O)COC(=O)CN(C)S(=O)(=O)c1ccc(Cl)cc1)OCO2. The lowest BCUT2D eigenvalue weighted by molar-refractivity contribution is -0.147. The van der Waals surface area contributed by atoms with Gasteiger partial charge in [0.05, 0.1) is 10.6 Å². The van der Waals surface area contributed by atoms with Crippen LogP contribution in [0.5, 0.6) is 11.5 Å². The van der Waals surface area contributed by atoms with Crippen molar-refractivity contribution in [1.29, 1.82) is 0 Å². The standard InChI is InChI=1S/C20H19ClN2O8S/c1-12(24)15-7-17-18(31-11-30-17)8-16(15)22-19(25)10-29-20(26)9-23(2)32(27,28)14-5-3-13(21)4-6-14/h3-8H,9-11H2,1-2H3,(H,22,25). The lowest BCUT2D eigenvalue weighted by Gasteiger charge is -2.16. The van der Waals surface area contributed by atoms with Crippen LogP contribution >= 0.6 is 11.6 Å². The minimum atomic E-state index is -3.95. The van der Waals surface area contributed by atoms with E-state index in [2.05, 4.69) is 5.32 Å². The predicted molar refractivity (Wildman–Crippen MR) is 113 cm³/mol. The molecule has 1 aliphatic heterocycles. The topological polar surface area (TPSA) is 128 Å². The van der Waals surface area contributed by atoms with Gasteiger partial charge >= 0.3 is 5.97 Å². The summed E-state index contributed by atoms with van der Waals surface area (Å²) in [5.41, 5.74) is 0.368. The van der Waals surface area contributed by atoms with E-state index < -0.39 is 35.1 Å². The largest absolute Gasteiger partial charge is 0.455 e. The Morgan fingerprint density at radius 1 is 1.12 bits per heavy atom. The number of esters is 1. The molecule has 32 heavy (non-hydrogen) atoms. The van der Waals surface area contributed by atoms with Crippen LogP contribution < -0.4 is 14.8 Å². The molecule has 170 valence electrons. The third-order valence-electron chi connectivity index (χ3n) is 4.40. The Bertz CT molecular complexity index is 1160. The highest BCUT2D eigenvalue weighted by Gasteiger charge is 2.24. The van der Waals surface area contributed by atoms with Crippen LogP contribution in [0.25, 0.3) is 0 Å². The molecule has 0 aliphatic carbocycles. The maximum atomic E-state index is 12.5. The molecule has 0 atom stereocenters. The van der Waals surface area contributed by atoms with Crippen molar-refractivity contribution in [2.75, 3.05) is 32.3 Å². The van der Waals surface area contributed by atoms with Crippen LogP contribution in [0.4, 0.5) is 5.69 Å². The number of carbonyl (C=O) groups is 3. The van der Waals surface area contributed by atoms with Gasteiger partial charge in [-0.3, -0.25) is 14.4 Å². The Morgan fingerprint density at radius 2 is 1.75 bits per heavy atom. The monoisotopic (exact) mass is 482 g/mol. The maximum Gasteiger partial charge on any atom is 0.321 e. The van der Waals surface area contributed by atoms with Crippen molar-refractivity contribution in [2.45, 2.75) is 11.8 Å². The highest BCUT2D eigenvalue weighted by atomic mass is 35.5. The Balaban J connectivity index is 1.58. The molecule has 0 saturated carbocycles. The highest BCUT2D eigenvalue weighted by molar-refractivity contribution is 7.89. The minimum Gasteiger partial charge on any atom is -0.455 e. The van der Waals surface area contributed by atoms with Crippen LogP contribution in [-0.4, -0.2) is 57.4 Å². The van der Waals surface area contributed by atoms with Crippen LogP contribution in [0.15, 0.2) is 41.3 Å². The average Bonchev–Trinajstić information content (AvgIpc) is 3.19. The number of nitrogens with one attached hydrogen (secondary N) is 1. The first-order valence-corrected chi connectivity index (χ1v) is 11.0. The van der Waals surface area contributed by atoms with E-state index >= 15 is 0 Å². The second kappa shape index (κ2) is 9.55. The highest BCUT2D eigenvalue weighted by Crippen LogP contribution is 2.37. The number of benzene rings is 2. The van der Waals surface area contributed by atoms with E-state index in [1.54, 1.807) is 0 Å². The first-order valence-electron chi connectivity index (χ1n) is 9.20. The Morgan fingerprint density at radius 3 is 2.38 bits per heavy atom. The van der Waals surface area contributed by atoms with Crippen molar-refractivity contribution in [3.8, 4) is 11.5 Å². The van der Waals surface area contributed by atoms with Crippen molar-refractivity contribution in [1.82, 2.24) is 4.31 Å². The molecule has 1 aliphatic rings. The van der Waals surface area contributed by atoms with Crippen molar-refractivity contribution in [2.24, 2.45) is 0 Å². The summed E-state index contributed by atoms with van der Waals surface area (Å²) < 4.78 is 41.1. The van der Waals surface area contributed by atoms with E-state index in [-0.39, 0.29) is 28.7 Å². The first kappa shape index (κ1) is 23.5. The summed E-state index contributed by atoms with van der Waals surface area (Å²) in [6.07, 6.45) is 0. The van der Waals surface area contributed by atoms with Crippen LogP contribution in [0.1, 0.15) is 17.3 Å². The number of amides is 1. The van der Waals surface area contributed by atoms with Crippen LogP contribution in [0.2, 0.25) is 5.02 Å². The Kier molecular flexibility index (Phi) is 7.02. The zero-order valence-electron chi connectivity index (χ0n) is 17.1. The number of fused-ring (bicyclic) bond motifs is 1. The summed E-state index contributed by atoms with van der Waals surface area (Å²) in [5, 5.41) is 2.84. The normalized spacial score (nSPS) is 12.5. The summed E-state index contributed by atoms with van der Waals surface area (Å²) in [6, 6.07) is 8.33. The van der Waals surface area contributed by atoms with Crippen LogP contribution in [-0.2, 0) is 24.3 Å². The zero-order valence-corrected chi connectivity index (χ0v) is 18.7. The van der Waals surface area contributed by atoms with Gasteiger partial charge in [-0.1, -0.05) is 11.6 Å². The molecular formula is C20H19ClN2O8S. The minimum absolute atomic E-state index is 0.00582. The fraction of sp³-hybridized carbons (Fsp3) is 0.250. The second-order valence-electron chi connectivity index (χ2n) is 6.73. The molecule has 0 fully saturated rings. The number of hydrogen-bond donors (Lipinski definition) is 1. The summed E-state index contributed by atoms with van der Waals surface area (Å²) in [4.78, 5) is 36.1. The quantitative estimate of drug-likeness (QED) is 0.447. The molecule has 2 aromatic rings. The van der Waals surface area contributed by atoms with Crippen molar-refractivity contribution in [3.63, 3.8) is 0 Å². The van der Waals surface area contributed by atoms with Crippen LogP contribution in [0, 0.1) is 0 Å². The van der Waals surface area contributed by atoms with E-state index in [0.717, 1.165) is 4.31 Å². The zero-order chi connectivity index (χ0) is 23.5. The van der Waals surface area contributed by atoms with Gasteiger partial charge < -0.3 is 19.5 Å². The van der Waals surface area contributed by atoms with Gasteiger partial charge in [0.25, 0.3) is 5.91 Å². The molecule has 12 heteroatoms. The van der Waals surface area contributed by atoms with Gasteiger partial charge in [-0.25, -0.2) is 8.42 Å². The number of Topliss-reactive ketones (excluding diaryl/α,β-unsaturated/α-hetero) is 1. The van der Waals surface area contributed by atoms with Gasteiger partial charge in [-0.2, -0.15) is 4.31 Å². The third-order valence-corrected chi connectivity index (χ3v) is 6.47. The molecule has 3 rings (SSSR count). The number of likely N-dealkylation sites (N-methyl/N-ethyl adjacent to an activating group) is 1. The number of hydrogen-bond acceptors (Lipinski definition) is 8. The number of ketones is 1. The van der Waals surface area contributed by atoms with Crippen LogP contribution in [0.3, 0.4) is 0 Å². The Hall–Kier alpha value is -3.15. The number of anilines is 1. The fourth-order valence-corrected chi connectivity index (χ4v) is 4.01. The van der Waals surface area contributed by atoms with Gasteiger partial charge in [0.15, 0.2) is 23.9 Å². The van der Waals surface area contributed by atoms with Crippen molar-refractivity contribution >= 4 is 45.0 Å². The molecule has 0 spiro atoms. The summed E-state index contributed by atoms with van der Waals surface area (Å²) in [7, 11) is -2.74. The average molecular weight is 483 g/mol. The molecule has 0 saturated heterocycles. The lowest BCUT2D eigenvalue weighted by atomic mass is 10.1. The molecule has 1 amide bonds. The molecule has 0 radical (unpaired) electrons. The van der Waals surface area contributed by atoms with Gasteiger partial charge in [0.2, 0.25) is 16.8 Å². The molecule has 1 heterocycles. The van der Waals surface area contributed by atoms with E-state index in [9.17, 15) is 22.8 Å². The predicted octanol–water partition coefficient (Wildman–Crippen LogP) is 2.07. The number of carbonyl (C=O) groups excluding carboxylic acids is 3. The number of rotatable bonds is 8. The van der Waals surface area contributed by atoms with Gasteiger partial charge in [0, 0.05) is 23.7 Å². The number of halogens is 1. The van der Waals surface area contributed by atoms with E-state index in [1.165, 1.54) is 50.4 Å². The molecule has 10 nitrogen and oxygen atoms in total. The number of ether oxygens (including phenoxy) is 3. The van der Waals surface area contributed by atoms with Gasteiger partial charge in [-0.15, -0.1) is 0 Å². The molecule has 2 aromatic carbocycles. The lowest BCUT2D eigenvalue weighted by Crippen LogP contribution is -2.34. The first-order chi connectivity index (χ1) is 15.1. The number of sulfonamides is 1. The van der Waals surface area contributed by atoms with Crippen molar-refractivity contribution in [3.05, 3.63) is 47.0 Å². The molecular weight excluding hydrogens is 464 g/mol. The number of nitrogens with zero attached hydrogens (tertiary/aromatic N) is 1. The van der Waals surface area contributed by atoms with E-state index in [1.807, 2.05) is 0 Å². The van der Waals surface area contributed by atoms with Gasteiger partial charge in [-0.05, 0) is 37.3 Å². The smallest absolute Gasteiger partial charge is 0.321 e.